The number of hydrogen-bond acceptors (Lipinski definition) is 3. The number of likely N-dealkylation sites (tertiary alicyclic amines) is 1. The Morgan fingerprint density at radius 3 is 2.95 bits per heavy atom. The molecule has 0 radical (unpaired) electrons. The highest BCUT2D eigenvalue weighted by Gasteiger charge is 2.21. The summed E-state index contributed by atoms with van der Waals surface area (Å²) in [6, 6.07) is 8.48. The van der Waals surface area contributed by atoms with E-state index in [0.717, 1.165) is 41.3 Å². The van der Waals surface area contributed by atoms with E-state index in [1.54, 1.807) is 11.3 Å². The molecule has 5 heteroatoms. The van der Waals surface area contributed by atoms with Crippen LogP contribution in [0.15, 0.2) is 24.3 Å². The van der Waals surface area contributed by atoms with Crippen molar-refractivity contribution in [2.75, 3.05) is 13.1 Å². The first-order valence-electron chi connectivity index (χ1n) is 7.32. The Hall–Kier alpha value is -1.10. The van der Waals surface area contributed by atoms with E-state index >= 15 is 0 Å². The van der Waals surface area contributed by atoms with Gasteiger partial charge in [0.15, 0.2) is 0 Å². The molecule has 0 bridgehead atoms. The van der Waals surface area contributed by atoms with E-state index in [1.165, 1.54) is 4.70 Å². The standard InChI is InChI=1S/C16H19ClN2OS/c1-11(10-19-8-4-7-15(19)20)18-9-14-16(17)12-5-2-3-6-13(12)21-14/h2-3,5-6,11,18H,4,7-10H2,1H3/t11-/m0/s1. The smallest absolute Gasteiger partial charge is 0.222 e. The Bertz CT molecular complexity index is 655. The van der Waals surface area contributed by atoms with Crippen LogP contribution < -0.4 is 5.32 Å². The molecular weight excluding hydrogens is 304 g/mol. The first-order valence-corrected chi connectivity index (χ1v) is 8.51. The van der Waals surface area contributed by atoms with Crippen LogP contribution in [0.25, 0.3) is 10.1 Å². The molecule has 1 N–H and O–H groups in total. The Morgan fingerprint density at radius 1 is 1.43 bits per heavy atom. The minimum absolute atomic E-state index is 0.272. The number of benzene rings is 1. The summed E-state index contributed by atoms with van der Waals surface area (Å²) in [5.41, 5.74) is 0. The van der Waals surface area contributed by atoms with E-state index in [0.29, 0.717) is 6.42 Å². The second kappa shape index (κ2) is 6.34. The van der Waals surface area contributed by atoms with Crippen LogP contribution in [0.5, 0.6) is 0 Å². The minimum Gasteiger partial charge on any atom is -0.341 e. The van der Waals surface area contributed by atoms with Crippen molar-refractivity contribution in [2.24, 2.45) is 0 Å². The van der Waals surface area contributed by atoms with E-state index in [4.69, 9.17) is 11.6 Å². The lowest BCUT2D eigenvalue weighted by Crippen LogP contribution is -2.39. The normalized spacial score (nSPS) is 16.9. The largest absolute Gasteiger partial charge is 0.341 e. The van der Waals surface area contributed by atoms with Crippen molar-refractivity contribution in [1.29, 1.82) is 0 Å². The fourth-order valence-corrected chi connectivity index (χ4v) is 4.19. The van der Waals surface area contributed by atoms with Crippen molar-refractivity contribution in [3.05, 3.63) is 34.2 Å². The molecule has 1 aromatic carbocycles. The number of halogens is 1. The van der Waals surface area contributed by atoms with Crippen LogP contribution >= 0.6 is 22.9 Å². The van der Waals surface area contributed by atoms with Gasteiger partial charge in [-0.3, -0.25) is 4.79 Å². The van der Waals surface area contributed by atoms with Gasteiger partial charge in [0.1, 0.15) is 0 Å². The van der Waals surface area contributed by atoms with Gasteiger partial charge in [-0.15, -0.1) is 11.3 Å². The molecule has 0 spiro atoms. The molecule has 3 nitrogen and oxygen atoms in total. The molecule has 1 fully saturated rings. The number of nitrogens with one attached hydrogen (secondary N) is 1. The van der Waals surface area contributed by atoms with Gasteiger partial charge in [-0.05, 0) is 19.4 Å². The number of fused-ring (bicyclic) bond motifs is 1. The average molecular weight is 323 g/mol. The van der Waals surface area contributed by atoms with Crippen molar-refractivity contribution >= 4 is 38.9 Å². The van der Waals surface area contributed by atoms with Gasteiger partial charge in [-0.1, -0.05) is 29.8 Å². The second-order valence-corrected chi connectivity index (χ2v) is 7.08. The molecule has 0 saturated carbocycles. The van der Waals surface area contributed by atoms with Crippen LogP contribution in [-0.4, -0.2) is 29.9 Å². The molecule has 112 valence electrons. The molecule has 21 heavy (non-hydrogen) atoms. The second-order valence-electron chi connectivity index (χ2n) is 5.56. The van der Waals surface area contributed by atoms with Crippen LogP contribution in [0, 0.1) is 0 Å². The third kappa shape index (κ3) is 3.23. The molecule has 1 amide bonds. The van der Waals surface area contributed by atoms with Crippen LogP contribution in [-0.2, 0) is 11.3 Å². The Labute approximate surface area is 133 Å². The van der Waals surface area contributed by atoms with Crippen molar-refractivity contribution in [1.82, 2.24) is 10.2 Å². The highest BCUT2D eigenvalue weighted by Crippen LogP contribution is 2.34. The molecule has 1 aliphatic rings. The van der Waals surface area contributed by atoms with Gasteiger partial charge < -0.3 is 10.2 Å². The Morgan fingerprint density at radius 2 is 2.24 bits per heavy atom. The fraction of sp³-hybridized carbons (Fsp3) is 0.438. The van der Waals surface area contributed by atoms with Gasteiger partial charge in [-0.2, -0.15) is 0 Å². The highest BCUT2D eigenvalue weighted by atomic mass is 35.5. The van der Waals surface area contributed by atoms with Crippen LogP contribution in [0.3, 0.4) is 0 Å². The Balaban J connectivity index is 1.61. The molecule has 2 heterocycles. The molecule has 1 atom stereocenters. The minimum atomic E-state index is 0.272. The average Bonchev–Trinajstić information content (AvgIpc) is 3.02. The third-order valence-corrected chi connectivity index (χ3v) is 5.59. The fourth-order valence-electron chi connectivity index (χ4n) is 2.74. The van der Waals surface area contributed by atoms with Gasteiger partial charge in [0.05, 0.1) is 5.02 Å². The van der Waals surface area contributed by atoms with Crippen molar-refractivity contribution < 1.29 is 4.79 Å². The molecule has 0 aliphatic carbocycles. The lowest BCUT2D eigenvalue weighted by molar-refractivity contribution is -0.127. The Kier molecular flexibility index (Phi) is 4.48. The quantitative estimate of drug-likeness (QED) is 0.911. The predicted octanol–water partition coefficient (Wildman–Crippen LogP) is 3.66. The first-order chi connectivity index (χ1) is 10.1. The molecule has 0 unspecified atom stereocenters. The molecule has 1 aliphatic heterocycles. The van der Waals surface area contributed by atoms with E-state index in [-0.39, 0.29) is 11.9 Å². The van der Waals surface area contributed by atoms with E-state index in [9.17, 15) is 4.79 Å². The monoisotopic (exact) mass is 322 g/mol. The molecule has 3 rings (SSSR count). The number of amides is 1. The van der Waals surface area contributed by atoms with Gasteiger partial charge >= 0.3 is 0 Å². The topological polar surface area (TPSA) is 32.3 Å². The van der Waals surface area contributed by atoms with Crippen molar-refractivity contribution in [3.8, 4) is 0 Å². The summed E-state index contributed by atoms with van der Waals surface area (Å²) in [7, 11) is 0. The van der Waals surface area contributed by atoms with E-state index in [2.05, 4.69) is 24.4 Å². The summed E-state index contributed by atoms with van der Waals surface area (Å²) in [4.78, 5) is 14.7. The maximum absolute atomic E-state index is 11.6. The van der Waals surface area contributed by atoms with Crippen LogP contribution in [0.2, 0.25) is 5.02 Å². The summed E-state index contributed by atoms with van der Waals surface area (Å²) in [5.74, 6) is 0.281. The lowest BCUT2D eigenvalue weighted by Gasteiger charge is -2.21. The van der Waals surface area contributed by atoms with Gasteiger partial charge in [0.2, 0.25) is 5.91 Å². The number of thiophene rings is 1. The summed E-state index contributed by atoms with van der Waals surface area (Å²) in [6.45, 7) is 4.55. The predicted molar refractivity (Wildman–Crippen MR) is 89.0 cm³/mol. The maximum Gasteiger partial charge on any atom is 0.222 e. The summed E-state index contributed by atoms with van der Waals surface area (Å²) in [5, 5.41) is 5.46. The van der Waals surface area contributed by atoms with E-state index in [1.807, 2.05) is 17.0 Å². The van der Waals surface area contributed by atoms with Crippen LogP contribution in [0.4, 0.5) is 0 Å². The number of carbonyl (C=O) groups is 1. The molecule has 1 aromatic heterocycles. The SMILES string of the molecule is C[C@@H](CN1CCCC1=O)NCc1sc2ccccc2c1Cl. The van der Waals surface area contributed by atoms with Gasteiger partial charge in [0.25, 0.3) is 0 Å². The number of nitrogens with zero attached hydrogens (tertiary/aromatic N) is 1. The van der Waals surface area contributed by atoms with Crippen LogP contribution in [0.1, 0.15) is 24.6 Å². The lowest BCUT2D eigenvalue weighted by atomic mass is 10.2. The zero-order chi connectivity index (χ0) is 14.8. The maximum atomic E-state index is 11.6. The molecule has 2 aromatic rings. The van der Waals surface area contributed by atoms with Crippen molar-refractivity contribution in [3.63, 3.8) is 0 Å². The highest BCUT2D eigenvalue weighted by molar-refractivity contribution is 7.19. The van der Waals surface area contributed by atoms with Gasteiger partial charge in [0, 0.05) is 47.1 Å². The molecular formula is C16H19ClN2OS. The summed E-state index contributed by atoms with van der Waals surface area (Å²) < 4.78 is 1.22. The number of hydrogen-bond donors (Lipinski definition) is 1. The van der Waals surface area contributed by atoms with Gasteiger partial charge in [-0.25, -0.2) is 0 Å². The zero-order valence-corrected chi connectivity index (χ0v) is 13.6. The summed E-state index contributed by atoms with van der Waals surface area (Å²) >= 11 is 8.17. The zero-order valence-electron chi connectivity index (χ0n) is 12.1. The molecule has 1 saturated heterocycles. The number of rotatable bonds is 5. The first kappa shape index (κ1) is 14.8. The number of carbonyl (C=O) groups excluding carboxylic acids is 1. The summed E-state index contributed by atoms with van der Waals surface area (Å²) in [6.07, 6.45) is 1.70. The van der Waals surface area contributed by atoms with Crippen molar-refractivity contribution in [2.45, 2.75) is 32.4 Å². The van der Waals surface area contributed by atoms with E-state index < -0.39 is 0 Å². The third-order valence-electron chi connectivity index (χ3n) is 3.88.